The van der Waals surface area contributed by atoms with Gasteiger partial charge in [0.2, 0.25) is 5.91 Å². The number of nitrogens with one attached hydrogen (secondary N) is 1. The summed E-state index contributed by atoms with van der Waals surface area (Å²) in [5, 5.41) is 3.60. The monoisotopic (exact) mass is 366 g/mol. The van der Waals surface area contributed by atoms with Crippen molar-refractivity contribution in [3.8, 4) is 5.75 Å². The number of amides is 2. The third-order valence-corrected chi connectivity index (χ3v) is 4.40. The number of methoxy groups -OCH3 is 1. The Kier molecular flexibility index (Phi) is 5.16. The number of likely N-dealkylation sites (N-methyl/N-ethyl adjacent to an activating group) is 1. The van der Waals surface area contributed by atoms with E-state index >= 15 is 0 Å². The van der Waals surface area contributed by atoms with Gasteiger partial charge in [0.1, 0.15) is 11.3 Å². The van der Waals surface area contributed by atoms with E-state index in [0.29, 0.717) is 17.0 Å². The van der Waals surface area contributed by atoms with E-state index in [2.05, 4.69) is 5.32 Å². The van der Waals surface area contributed by atoms with Crippen LogP contribution in [0.1, 0.15) is 21.7 Å². The number of hydrogen-bond donors (Lipinski definition) is 1. The zero-order valence-corrected chi connectivity index (χ0v) is 15.8. The standard InChI is InChI=1S/C21H22N2O4/c1-13-5-7-15(8-6-13)22-19(24)12-23(3)21(25)20-14(2)17-11-16(26-4)9-10-18(17)27-20/h5-11H,12H2,1-4H3,(H,22,24). The lowest BCUT2D eigenvalue weighted by Gasteiger charge is -2.16. The molecule has 140 valence electrons. The average molecular weight is 366 g/mol. The zero-order valence-electron chi connectivity index (χ0n) is 15.8. The first-order valence-electron chi connectivity index (χ1n) is 8.58. The summed E-state index contributed by atoms with van der Waals surface area (Å²) in [6.45, 7) is 3.72. The maximum absolute atomic E-state index is 12.7. The van der Waals surface area contributed by atoms with Crippen molar-refractivity contribution in [2.45, 2.75) is 13.8 Å². The van der Waals surface area contributed by atoms with Gasteiger partial charge in [0, 0.05) is 23.7 Å². The Morgan fingerprint density at radius 1 is 1.11 bits per heavy atom. The van der Waals surface area contributed by atoms with Crippen LogP contribution in [0.3, 0.4) is 0 Å². The summed E-state index contributed by atoms with van der Waals surface area (Å²) in [6.07, 6.45) is 0. The van der Waals surface area contributed by atoms with Crippen LogP contribution in [0.15, 0.2) is 46.9 Å². The molecular formula is C21H22N2O4. The summed E-state index contributed by atoms with van der Waals surface area (Å²) in [5.41, 5.74) is 3.13. The molecule has 0 spiro atoms. The molecule has 0 unspecified atom stereocenters. The minimum Gasteiger partial charge on any atom is -0.497 e. The Labute approximate surface area is 157 Å². The van der Waals surface area contributed by atoms with Crippen LogP contribution < -0.4 is 10.1 Å². The van der Waals surface area contributed by atoms with Gasteiger partial charge in [-0.2, -0.15) is 0 Å². The molecule has 0 aliphatic heterocycles. The van der Waals surface area contributed by atoms with Crippen LogP contribution in [0.5, 0.6) is 5.75 Å². The number of carbonyl (C=O) groups is 2. The van der Waals surface area contributed by atoms with E-state index in [1.807, 2.05) is 44.2 Å². The van der Waals surface area contributed by atoms with Gasteiger partial charge in [-0.1, -0.05) is 17.7 Å². The Balaban J connectivity index is 1.73. The topological polar surface area (TPSA) is 71.8 Å². The first kappa shape index (κ1) is 18.5. The molecule has 3 aromatic rings. The molecule has 0 aliphatic carbocycles. The molecule has 6 nitrogen and oxygen atoms in total. The molecule has 2 amide bonds. The predicted molar refractivity (Wildman–Crippen MR) is 104 cm³/mol. The van der Waals surface area contributed by atoms with Crippen LogP contribution >= 0.6 is 0 Å². The second kappa shape index (κ2) is 7.53. The van der Waals surface area contributed by atoms with Crippen molar-refractivity contribution in [2.24, 2.45) is 0 Å². The molecule has 0 saturated heterocycles. The molecule has 0 bridgehead atoms. The van der Waals surface area contributed by atoms with E-state index in [1.165, 1.54) is 4.90 Å². The third kappa shape index (κ3) is 3.95. The number of fused-ring (bicyclic) bond motifs is 1. The highest BCUT2D eigenvalue weighted by Crippen LogP contribution is 2.29. The fraction of sp³-hybridized carbons (Fsp3) is 0.238. The van der Waals surface area contributed by atoms with Crippen LogP contribution in [0.25, 0.3) is 11.0 Å². The maximum Gasteiger partial charge on any atom is 0.290 e. The normalized spacial score (nSPS) is 10.7. The summed E-state index contributed by atoms with van der Waals surface area (Å²) in [7, 11) is 3.16. The molecule has 1 N–H and O–H groups in total. The number of aryl methyl sites for hydroxylation is 2. The number of furan rings is 1. The van der Waals surface area contributed by atoms with Gasteiger partial charge in [0.25, 0.3) is 5.91 Å². The Morgan fingerprint density at radius 2 is 1.81 bits per heavy atom. The summed E-state index contributed by atoms with van der Waals surface area (Å²) in [5.74, 6) is 0.298. The Hall–Kier alpha value is -3.28. The lowest BCUT2D eigenvalue weighted by molar-refractivity contribution is -0.116. The maximum atomic E-state index is 12.7. The minimum atomic E-state index is -0.346. The molecular weight excluding hydrogens is 344 g/mol. The van der Waals surface area contributed by atoms with E-state index in [9.17, 15) is 9.59 Å². The second-order valence-electron chi connectivity index (χ2n) is 6.49. The van der Waals surface area contributed by atoms with Gasteiger partial charge in [-0.25, -0.2) is 0 Å². The third-order valence-electron chi connectivity index (χ3n) is 4.40. The first-order valence-corrected chi connectivity index (χ1v) is 8.58. The number of ether oxygens (including phenoxy) is 1. The van der Waals surface area contributed by atoms with Crippen molar-refractivity contribution in [3.05, 3.63) is 59.4 Å². The van der Waals surface area contributed by atoms with Crippen LogP contribution in [-0.2, 0) is 4.79 Å². The largest absolute Gasteiger partial charge is 0.497 e. The van der Waals surface area contributed by atoms with Crippen LogP contribution in [0.4, 0.5) is 5.69 Å². The highest BCUT2D eigenvalue weighted by Gasteiger charge is 2.22. The Morgan fingerprint density at radius 3 is 2.48 bits per heavy atom. The van der Waals surface area contributed by atoms with Crippen molar-refractivity contribution >= 4 is 28.5 Å². The molecule has 0 radical (unpaired) electrons. The smallest absolute Gasteiger partial charge is 0.290 e. The molecule has 0 atom stereocenters. The van der Waals surface area contributed by atoms with Crippen molar-refractivity contribution in [3.63, 3.8) is 0 Å². The molecule has 1 aromatic heterocycles. The van der Waals surface area contributed by atoms with E-state index in [0.717, 1.165) is 16.5 Å². The van der Waals surface area contributed by atoms with Gasteiger partial charge in [0.05, 0.1) is 13.7 Å². The van der Waals surface area contributed by atoms with Crippen LogP contribution in [0, 0.1) is 13.8 Å². The fourth-order valence-electron chi connectivity index (χ4n) is 2.83. The summed E-state index contributed by atoms with van der Waals surface area (Å²) < 4.78 is 10.9. The van der Waals surface area contributed by atoms with E-state index in [1.54, 1.807) is 26.3 Å². The van der Waals surface area contributed by atoms with Crippen LogP contribution in [-0.4, -0.2) is 37.4 Å². The van der Waals surface area contributed by atoms with Crippen molar-refractivity contribution in [1.29, 1.82) is 0 Å². The lowest BCUT2D eigenvalue weighted by atomic mass is 10.1. The SMILES string of the molecule is COc1ccc2oc(C(=O)N(C)CC(=O)Nc3ccc(C)cc3)c(C)c2c1. The summed E-state index contributed by atoms with van der Waals surface area (Å²) in [6, 6.07) is 12.8. The molecule has 3 rings (SSSR count). The number of anilines is 1. The van der Waals surface area contributed by atoms with Crippen molar-refractivity contribution in [2.75, 3.05) is 26.0 Å². The number of rotatable bonds is 5. The number of carbonyl (C=O) groups excluding carboxylic acids is 2. The summed E-state index contributed by atoms with van der Waals surface area (Å²) in [4.78, 5) is 26.3. The van der Waals surface area contributed by atoms with Gasteiger partial charge >= 0.3 is 0 Å². The predicted octanol–water partition coefficient (Wildman–Crippen LogP) is 3.77. The lowest BCUT2D eigenvalue weighted by Crippen LogP contribution is -2.35. The first-order chi connectivity index (χ1) is 12.9. The van der Waals surface area contributed by atoms with Crippen molar-refractivity contribution < 1.29 is 18.7 Å². The highest BCUT2D eigenvalue weighted by atomic mass is 16.5. The minimum absolute atomic E-state index is 0.0769. The fourth-order valence-corrected chi connectivity index (χ4v) is 2.83. The average Bonchev–Trinajstić information content (AvgIpc) is 2.99. The quantitative estimate of drug-likeness (QED) is 0.746. The van der Waals surface area contributed by atoms with Gasteiger partial charge < -0.3 is 19.4 Å². The number of hydrogen-bond acceptors (Lipinski definition) is 4. The number of nitrogens with zero attached hydrogens (tertiary/aromatic N) is 1. The van der Waals surface area contributed by atoms with Crippen molar-refractivity contribution in [1.82, 2.24) is 4.90 Å². The molecule has 6 heteroatoms. The van der Waals surface area contributed by atoms with E-state index in [4.69, 9.17) is 9.15 Å². The van der Waals surface area contributed by atoms with E-state index in [-0.39, 0.29) is 24.1 Å². The zero-order chi connectivity index (χ0) is 19.6. The molecule has 27 heavy (non-hydrogen) atoms. The molecule has 2 aromatic carbocycles. The van der Waals surface area contributed by atoms with Crippen LogP contribution in [0.2, 0.25) is 0 Å². The second-order valence-corrected chi connectivity index (χ2v) is 6.49. The number of benzene rings is 2. The van der Waals surface area contributed by atoms with Gasteiger partial charge in [-0.15, -0.1) is 0 Å². The molecule has 0 aliphatic rings. The highest BCUT2D eigenvalue weighted by molar-refractivity contribution is 6.01. The molecule has 1 heterocycles. The van der Waals surface area contributed by atoms with Gasteiger partial charge in [-0.3, -0.25) is 9.59 Å². The van der Waals surface area contributed by atoms with Gasteiger partial charge in [0.15, 0.2) is 5.76 Å². The van der Waals surface area contributed by atoms with Gasteiger partial charge in [-0.05, 0) is 44.2 Å². The van der Waals surface area contributed by atoms with E-state index < -0.39 is 0 Å². The molecule has 0 saturated carbocycles. The molecule has 0 fully saturated rings. The Bertz CT molecular complexity index is 989. The summed E-state index contributed by atoms with van der Waals surface area (Å²) >= 11 is 0.